The third kappa shape index (κ3) is 3.63. The van der Waals surface area contributed by atoms with Gasteiger partial charge in [-0.1, -0.05) is 6.92 Å². The molecule has 1 aromatic heterocycles. The summed E-state index contributed by atoms with van der Waals surface area (Å²) in [5.41, 5.74) is 8.29. The number of hydrogen-bond acceptors (Lipinski definition) is 3. The molecule has 6 heteroatoms. The Bertz CT molecular complexity index is 628. The standard InChI is InChI=1S/C15H19BrFN3O/c1-3-12-15(16)13(20(2)19-12)9-21-14-5-4-11(17)8-10(14)6-7-18/h4-5,8H,3,6-7,9,18H2,1-2H3. The Morgan fingerprint density at radius 2 is 2.19 bits per heavy atom. The summed E-state index contributed by atoms with van der Waals surface area (Å²) in [6, 6.07) is 4.51. The number of aryl methyl sites for hydroxylation is 2. The molecule has 2 aromatic rings. The van der Waals surface area contributed by atoms with Crippen molar-refractivity contribution in [2.24, 2.45) is 12.8 Å². The van der Waals surface area contributed by atoms with Crippen molar-refractivity contribution >= 4 is 15.9 Å². The second kappa shape index (κ2) is 7.04. The highest BCUT2D eigenvalue weighted by atomic mass is 79.9. The van der Waals surface area contributed by atoms with Crippen LogP contribution in [0.5, 0.6) is 5.75 Å². The van der Waals surface area contributed by atoms with Crippen LogP contribution in [-0.2, 0) is 26.5 Å². The van der Waals surface area contributed by atoms with Gasteiger partial charge in [0.15, 0.2) is 0 Å². The molecule has 0 atom stereocenters. The van der Waals surface area contributed by atoms with Crippen LogP contribution >= 0.6 is 15.9 Å². The number of ether oxygens (including phenoxy) is 1. The zero-order valence-electron chi connectivity index (χ0n) is 12.2. The van der Waals surface area contributed by atoms with Gasteiger partial charge in [0.25, 0.3) is 0 Å². The Labute approximate surface area is 132 Å². The highest BCUT2D eigenvalue weighted by Crippen LogP contribution is 2.25. The SMILES string of the molecule is CCc1nn(C)c(COc2ccc(F)cc2CCN)c1Br. The Balaban J connectivity index is 2.18. The largest absolute Gasteiger partial charge is 0.487 e. The van der Waals surface area contributed by atoms with Crippen LogP contribution in [0, 0.1) is 5.82 Å². The Kier molecular flexibility index (Phi) is 5.36. The van der Waals surface area contributed by atoms with Crippen LogP contribution in [0.15, 0.2) is 22.7 Å². The van der Waals surface area contributed by atoms with Crippen LogP contribution in [0.2, 0.25) is 0 Å². The van der Waals surface area contributed by atoms with Gasteiger partial charge in [-0.15, -0.1) is 0 Å². The van der Waals surface area contributed by atoms with Crippen molar-refractivity contribution in [1.82, 2.24) is 9.78 Å². The molecule has 0 aliphatic rings. The first-order chi connectivity index (χ1) is 10.1. The maximum Gasteiger partial charge on any atom is 0.131 e. The molecule has 1 heterocycles. The first-order valence-corrected chi connectivity index (χ1v) is 7.67. The lowest BCUT2D eigenvalue weighted by atomic mass is 10.1. The van der Waals surface area contributed by atoms with Gasteiger partial charge >= 0.3 is 0 Å². The zero-order chi connectivity index (χ0) is 15.4. The molecular formula is C15H19BrFN3O. The molecule has 21 heavy (non-hydrogen) atoms. The van der Waals surface area contributed by atoms with E-state index < -0.39 is 0 Å². The minimum Gasteiger partial charge on any atom is -0.487 e. The van der Waals surface area contributed by atoms with Crippen molar-refractivity contribution in [2.75, 3.05) is 6.54 Å². The molecule has 1 aromatic carbocycles. The van der Waals surface area contributed by atoms with Gasteiger partial charge in [-0.3, -0.25) is 4.68 Å². The molecule has 4 nitrogen and oxygen atoms in total. The lowest BCUT2D eigenvalue weighted by molar-refractivity contribution is 0.290. The second-order valence-electron chi connectivity index (χ2n) is 4.76. The molecule has 0 aliphatic carbocycles. The maximum atomic E-state index is 13.3. The van der Waals surface area contributed by atoms with E-state index in [0.717, 1.165) is 27.8 Å². The number of nitrogens with two attached hydrogens (primary N) is 1. The number of halogens is 2. The van der Waals surface area contributed by atoms with Gasteiger partial charge in [0, 0.05) is 7.05 Å². The van der Waals surface area contributed by atoms with Crippen LogP contribution in [0.1, 0.15) is 23.9 Å². The van der Waals surface area contributed by atoms with Crippen LogP contribution in [-0.4, -0.2) is 16.3 Å². The number of rotatable bonds is 6. The van der Waals surface area contributed by atoms with Crippen molar-refractivity contribution in [2.45, 2.75) is 26.4 Å². The number of benzene rings is 1. The molecule has 2 rings (SSSR count). The number of aromatic nitrogens is 2. The van der Waals surface area contributed by atoms with Crippen molar-refractivity contribution in [1.29, 1.82) is 0 Å². The normalized spacial score (nSPS) is 10.9. The van der Waals surface area contributed by atoms with E-state index in [4.69, 9.17) is 10.5 Å². The molecule has 0 unspecified atom stereocenters. The van der Waals surface area contributed by atoms with Gasteiger partial charge in [-0.25, -0.2) is 4.39 Å². The lowest BCUT2D eigenvalue weighted by Gasteiger charge is -2.11. The van der Waals surface area contributed by atoms with E-state index in [1.807, 2.05) is 7.05 Å². The predicted octanol–water partition coefficient (Wildman–Crippen LogP) is 2.96. The van der Waals surface area contributed by atoms with E-state index >= 15 is 0 Å². The third-order valence-electron chi connectivity index (χ3n) is 3.30. The van der Waals surface area contributed by atoms with E-state index in [9.17, 15) is 4.39 Å². The molecule has 114 valence electrons. The highest BCUT2D eigenvalue weighted by molar-refractivity contribution is 9.10. The topological polar surface area (TPSA) is 53.1 Å². The molecule has 0 saturated carbocycles. The first kappa shape index (κ1) is 16.0. The average molecular weight is 356 g/mol. The summed E-state index contributed by atoms with van der Waals surface area (Å²) in [7, 11) is 1.88. The van der Waals surface area contributed by atoms with Crippen LogP contribution < -0.4 is 10.5 Å². The summed E-state index contributed by atoms with van der Waals surface area (Å²) in [4.78, 5) is 0. The quantitative estimate of drug-likeness (QED) is 0.866. The molecule has 0 saturated heterocycles. The van der Waals surface area contributed by atoms with E-state index in [1.165, 1.54) is 12.1 Å². The molecule has 0 fully saturated rings. The monoisotopic (exact) mass is 355 g/mol. The van der Waals surface area contributed by atoms with Gasteiger partial charge in [0.05, 0.1) is 15.9 Å². The Morgan fingerprint density at radius 1 is 1.43 bits per heavy atom. The van der Waals surface area contributed by atoms with Crippen LogP contribution in [0.4, 0.5) is 4.39 Å². The smallest absolute Gasteiger partial charge is 0.131 e. The summed E-state index contributed by atoms with van der Waals surface area (Å²) < 4.78 is 21.9. The van der Waals surface area contributed by atoms with Gasteiger partial charge in [-0.05, 0) is 59.1 Å². The van der Waals surface area contributed by atoms with Crippen LogP contribution in [0.25, 0.3) is 0 Å². The van der Waals surface area contributed by atoms with Crippen molar-refractivity contribution in [3.05, 3.63) is 45.4 Å². The van der Waals surface area contributed by atoms with E-state index in [2.05, 4.69) is 28.0 Å². The Morgan fingerprint density at radius 3 is 2.81 bits per heavy atom. The predicted molar refractivity (Wildman–Crippen MR) is 83.8 cm³/mol. The minimum absolute atomic E-state index is 0.277. The van der Waals surface area contributed by atoms with E-state index in [1.54, 1.807) is 10.7 Å². The Hall–Kier alpha value is -1.40. The second-order valence-corrected chi connectivity index (χ2v) is 5.56. The van der Waals surface area contributed by atoms with E-state index in [-0.39, 0.29) is 5.82 Å². The summed E-state index contributed by atoms with van der Waals surface area (Å²) >= 11 is 3.55. The summed E-state index contributed by atoms with van der Waals surface area (Å²) in [6.07, 6.45) is 1.43. The fraction of sp³-hybridized carbons (Fsp3) is 0.400. The van der Waals surface area contributed by atoms with Gasteiger partial charge in [0.2, 0.25) is 0 Å². The zero-order valence-corrected chi connectivity index (χ0v) is 13.8. The average Bonchev–Trinajstić information content (AvgIpc) is 2.73. The highest BCUT2D eigenvalue weighted by Gasteiger charge is 2.14. The molecule has 0 spiro atoms. The number of hydrogen-bond donors (Lipinski definition) is 1. The van der Waals surface area contributed by atoms with Crippen molar-refractivity contribution < 1.29 is 9.13 Å². The lowest BCUT2D eigenvalue weighted by Crippen LogP contribution is -2.08. The van der Waals surface area contributed by atoms with E-state index in [0.29, 0.717) is 25.3 Å². The molecule has 0 bridgehead atoms. The molecule has 0 amide bonds. The molecule has 0 aliphatic heterocycles. The fourth-order valence-electron chi connectivity index (χ4n) is 2.16. The van der Waals surface area contributed by atoms with Gasteiger partial charge in [0.1, 0.15) is 18.2 Å². The summed E-state index contributed by atoms with van der Waals surface area (Å²) in [5, 5.41) is 4.42. The fourth-order valence-corrected chi connectivity index (χ4v) is 2.89. The molecule has 2 N–H and O–H groups in total. The molecule has 0 radical (unpaired) electrons. The van der Waals surface area contributed by atoms with Crippen molar-refractivity contribution in [3.63, 3.8) is 0 Å². The summed E-state index contributed by atoms with van der Waals surface area (Å²) in [5.74, 6) is 0.383. The first-order valence-electron chi connectivity index (χ1n) is 6.88. The van der Waals surface area contributed by atoms with Gasteiger partial charge < -0.3 is 10.5 Å². The van der Waals surface area contributed by atoms with Crippen LogP contribution in [0.3, 0.4) is 0 Å². The van der Waals surface area contributed by atoms with Crippen molar-refractivity contribution in [3.8, 4) is 5.75 Å². The maximum absolute atomic E-state index is 13.3. The number of nitrogens with zero attached hydrogens (tertiary/aromatic N) is 2. The minimum atomic E-state index is -0.277. The van der Waals surface area contributed by atoms with Gasteiger partial charge in [-0.2, -0.15) is 5.10 Å². The molecular weight excluding hydrogens is 337 g/mol. The summed E-state index contributed by atoms with van der Waals surface area (Å²) in [6.45, 7) is 2.87. The third-order valence-corrected chi connectivity index (χ3v) is 4.22.